The third kappa shape index (κ3) is 6.41. The first kappa shape index (κ1) is 30.4. The van der Waals surface area contributed by atoms with Crippen LogP contribution in [0.1, 0.15) is 27.7 Å². The van der Waals surface area contributed by atoms with Crippen LogP contribution in [0.2, 0.25) is 0 Å². The predicted octanol–water partition coefficient (Wildman–Crippen LogP) is 8.05. The molecule has 229 valence electrons. The number of aromatic nitrogens is 4. The van der Waals surface area contributed by atoms with Crippen LogP contribution in [0, 0.1) is 0 Å². The molecule has 2 aromatic heterocycles. The van der Waals surface area contributed by atoms with Gasteiger partial charge in [-0.3, -0.25) is 4.98 Å². The summed E-state index contributed by atoms with van der Waals surface area (Å²) in [5.74, 6) is 1.77. The van der Waals surface area contributed by atoms with Crippen LogP contribution in [-0.4, -0.2) is 43.7 Å². The molecule has 0 atom stereocenters. The molecule has 0 aliphatic heterocycles. The van der Waals surface area contributed by atoms with Crippen LogP contribution in [0.15, 0.2) is 128 Å². The summed E-state index contributed by atoms with van der Waals surface area (Å²) in [4.78, 5) is 19.6. The van der Waals surface area contributed by atoms with Gasteiger partial charge in [0.05, 0.1) is 16.9 Å². The lowest BCUT2D eigenvalue weighted by Gasteiger charge is -2.37. The molecule has 0 fully saturated rings. The Bertz CT molecular complexity index is 2110. The number of fused-ring (bicyclic) bond motifs is 2. The zero-order valence-corrected chi connectivity index (χ0v) is 26.8. The Hall–Kier alpha value is -5.24. The molecule has 7 rings (SSSR count). The molecule has 0 aliphatic rings. The van der Waals surface area contributed by atoms with Crippen molar-refractivity contribution in [3.05, 3.63) is 128 Å². The number of hydrogen-bond donors (Lipinski definition) is 1. The smallest absolute Gasteiger partial charge is 0.330 e. The third-order valence-corrected chi connectivity index (χ3v) is 8.84. The molecule has 0 amide bonds. The SMILES string of the molecule is CC(C)(O)C(C)(C)O[B]c1ccc(-c2ccc(-c3nc(-c4ccc5ccccc5c4)nc(-c4ccc5ccccc5c4)n3)cn2)cc1. The Morgan fingerprint density at radius 1 is 0.532 bits per heavy atom. The Morgan fingerprint density at radius 3 is 1.49 bits per heavy atom. The van der Waals surface area contributed by atoms with Gasteiger partial charge in [-0.2, -0.15) is 0 Å². The van der Waals surface area contributed by atoms with Gasteiger partial charge >= 0.3 is 7.48 Å². The van der Waals surface area contributed by atoms with Crippen LogP contribution in [-0.2, 0) is 4.65 Å². The average Bonchev–Trinajstić information content (AvgIpc) is 3.10. The maximum Gasteiger partial charge on any atom is 0.330 e. The van der Waals surface area contributed by atoms with E-state index in [-0.39, 0.29) is 0 Å². The van der Waals surface area contributed by atoms with Gasteiger partial charge in [0, 0.05) is 28.5 Å². The highest BCUT2D eigenvalue weighted by molar-refractivity contribution is 6.47. The summed E-state index contributed by atoms with van der Waals surface area (Å²) in [6.07, 6.45) is 1.81. The predicted molar refractivity (Wildman–Crippen MR) is 191 cm³/mol. The first-order valence-electron chi connectivity index (χ1n) is 15.7. The lowest BCUT2D eigenvalue weighted by molar-refractivity contribution is -0.0893. The second-order valence-corrected chi connectivity index (χ2v) is 12.8. The topological polar surface area (TPSA) is 81.0 Å². The van der Waals surface area contributed by atoms with E-state index in [1.807, 2.05) is 80.7 Å². The molecule has 7 aromatic rings. The van der Waals surface area contributed by atoms with Crippen molar-refractivity contribution in [1.29, 1.82) is 0 Å². The number of pyridine rings is 1. The van der Waals surface area contributed by atoms with Gasteiger partial charge in [0.25, 0.3) is 0 Å². The summed E-state index contributed by atoms with van der Waals surface area (Å²) in [6.45, 7) is 7.21. The summed E-state index contributed by atoms with van der Waals surface area (Å²) in [7, 11) is 1.68. The molecule has 0 bridgehead atoms. The Kier molecular flexibility index (Phi) is 7.88. The summed E-state index contributed by atoms with van der Waals surface area (Å²) in [6, 6.07) is 41.1. The molecular weight excluding hydrogens is 579 g/mol. The van der Waals surface area contributed by atoms with Crippen LogP contribution in [0.4, 0.5) is 0 Å². The molecule has 5 aromatic carbocycles. The fraction of sp³-hybridized carbons (Fsp3) is 0.150. The van der Waals surface area contributed by atoms with Gasteiger partial charge in [-0.15, -0.1) is 0 Å². The van der Waals surface area contributed by atoms with Gasteiger partial charge in [0.1, 0.15) is 0 Å². The Balaban J connectivity index is 1.21. The van der Waals surface area contributed by atoms with Gasteiger partial charge in [-0.25, -0.2) is 15.0 Å². The minimum atomic E-state index is -0.986. The fourth-order valence-electron chi connectivity index (χ4n) is 5.21. The van der Waals surface area contributed by atoms with Gasteiger partial charge < -0.3 is 9.76 Å². The number of hydrogen-bond acceptors (Lipinski definition) is 6. The van der Waals surface area contributed by atoms with Crippen molar-refractivity contribution in [1.82, 2.24) is 19.9 Å². The molecule has 47 heavy (non-hydrogen) atoms. The van der Waals surface area contributed by atoms with Crippen molar-refractivity contribution in [3.63, 3.8) is 0 Å². The van der Waals surface area contributed by atoms with Crippen LogP contribution >= 0.6 is 0 Å². The molecule has 2 heterocycles. The van der Waals surface area contributed by atoms with Crippen LogP contribution < -0.4 is 5.46 Å². The second kappa shape index (κ2) is 12.2. The van der Waals surface area contributed by atoms with E-state index in [4.69, 9.17) is 24.6 Å². The van der Waals surface area contributed by atoms with Crippen molar-refractivity contribution in [3.8, 4) is 45.4 Å². The molecule has 7 heteroatoms. The minimum absolute atomic E-state index is 0.557. The number of benzene rings is 5. The third-order valence-electron chi connectivity index (χ3n) is 8.84. The van der Waals surface area contributed by atoms with Crippen molar-refractivity contribution >= 4 is 34.5 Å². The number of aliphatic hydroxyl groups is 1. The van der Waals surface area contributed by atoms with E-state index in [9.17, 15) is 5.11 Å². The summed E-state index contributed by atoms with van der Waals surface area (Å²) in [5.41, 5.74) is 3.62. The summed E-state index contributed by atoms with van der Waals surface area (Å²) < 4.78 is 5.91. The standard InChI is InChI=1S/C40H34BN4O2/c1-39(2,46)40(3,4)47-41-34-20-17-28(18-21-34)35-22-19-33(25-42-35)38-44-36(31-15-13-26-9-5-7-11-29(26)23-31)43-37(45-38)32-16-14-27-10-6-8-12-30(27)24-32/h5-25,46H,1-4H3. The molecule has 0 saturated heterocycles. The minimum Gasteiger partial charge on any atom is -0.427 e. The molecule has 0 spiro atoms. The van der Waals surface area contributed by atoms with E-state index in [1.165, 1.54) is 0 Å². The summed E-state index contributed by atoms with van der Waals surface area (Å²) >= 11 is 0. The normalized spacial score (nSPS) is 12.0. The molecule has 6 nitrogen and oxygen atoms in total. The Morgan fingerprint density at radius 2 is 1.00 bits per heavy atom. The van der Waals surface area contributed by atoms with E-state index in [1.54, 1.807) is 21.3 Å². The van der Waals surface area contributed by atoms with Crippen LogP contribution in [0.5, 0.6) is 0 Å². The van der Waals surface area contributed by atoms with E-state index in [0.717, 1.165) is 55.0 Å². The lowest BCUT2D eigenvalue weighted by atomic mass is 9.82. The van der Waals surface area contributed by atoms with Gasteiger partial charge in [0.15, 0.2) is 17.5 Å². The highest BCUT2D eigenvalue weighted by Gasteiger charge is 2.35. The first-order chi connectivity index (χ1) is 22.6. The first-order valence-corrected chi connectivity index (χ1v) is 15.7. The highest BCUT2D eigenvalue weighted by Crippen LogP contribution is 2.29. The quantitative estimate of drug-likeness (QED) is 0.175. The zero-order valence-electron chi connectivity index (χ0n) is 26.8. The largest absolute Gasteiger partial charge is 0.427 e. The van der Waals surface area contributed by atoms with E-state index in [0.29, 0.717) is 17.5 Å². The molecule has 1 radical (unpaired) electrons. The van der Waals surface area contributed by atoms with Crippen LogP contribution in [0.25, 0.3) is 67.0 Å². The van der Waals surface area contributed by atoms with Crippen molar-refractivity contribution in [2.45, 2.75) is 38.9 Å². The fourth-order valence-corrected chi connectivity index (χ4v) is 5.21. The molecule has 1 N–H and O–H groups in total. The van der Waals surface area contributed by atoms with Crippen molar-refractivity contribution in [2.75, 3.05) is 0 Å². The van der Waals surface area contributed by atoms with Gasteiger partial charge in [-0.1, -0.05) is 103 Å². The second-order valence-electron chi connectivity index (χ2n) is 12.8. The molecule has 0 aliphatic carbocycles. The lowest BCUT2D eigenvalue weighted by Crippen LogP contribution is -2.49. The number of nitrogens with zero attached hydrogens (tertiary/aromatic N) is 4. The zero-order chi connectivity index (χ0) is 32.6. The van der Waals surface area contributed by atoms with E-state index < -0.39 is 11.2 Å². The van der Waals surface area contributed by atoms with E-state index in [2.05, 4.69) is 60.7 Å². The average molecular weight is 614 g/mol. The molecule has 0 unspecified atom stereocenters. The molecule has 0 saturated carbocycles. The monoisotopic (exact) mass is 613 g/mol. The van der Waals surface area contributed by atoms with Gasteiger partial charge in [0.2, 0.25) is 0 Å². The highest BCUT2D eigenvalue weighted by atomic mass is 16.5. The van der Waals surface area contributed by atoms with Gasteiger partial charge in [-0.05, 0) is 73.5 Å². The number of rotatable bonds is 8. The summed E-state index contributed by atoms with van der Waals surface area (Å²) in [5, 5.41) is 15.0. The van der Waals surface area contributed by atoms with Crippen LogP contribution in [0.3, 0.4) is 0 Å². The molecular formula is C40H34BN4O2. The van der Waals surface area contributed by atoms with Crippen molar-refractivity contribution in [2.24, 2.45) is 0 Å². The van der Waals surface area contributed by atoms with E-state index >= 15 is 0 Å². The Labute approximate surface area is 275 Å². The maximum absolute atomic E-state index is 10.4. The van der Waals surface area contributed by atoms with Crippen molar-refractivity contribution < 1.29 is 9.76 Å². The maximum atomic E-state index is 10.4.